The van der Waals surface area contributed by atoms with Gasteiger partial charge in [0, 0.05) is 19.9 Å². The van der Waals surface area contributed by atoms with Gasteiger partial charge >= 0.3 is 5.97 Å². The highest BCUT2D eigenvalue weighted by atomic mass is 16.5. The highest BCUT2D eigenvalue weighted by Gasteiger charge is 2.46. The number of rotatable bonds is 9. The quantitative estimate of drug-likeness (QED) is 0.669. The molecule has 1 fully saturated rings. The van der Waals surface area contributed by atoms with E-state index in [0.717, 1.165) is 11.1 Å². The summed E-state index contributed by atoms with van der Waals surface area (Å²) in [5.41, 5.74) is 2.03. The third kappa shape index (κ3) is 5.42. The van der Waals surface area contributed by atoms with Crippen molar-refractivity contribution in [3.8, 4) is 5.75 Å². The van der Waals surface area contributed by atoms with Crippen molar-refractivity contribution in [2.24, 2.45) is 0 Å². The number of hydrogen-bond donors (Lipinski definition) is 1. The van der Waals surface area contributed by atoms with Gasteiger partial charge < -0.3 is 19.6 Å². The molecule has 2 amide bonds. The Kier molecular flexibility index (Phi) is 7.28. The van der Waals surface area contributed by atoms with Gasteiger partial charge in [-0.15, -0.1) is 0 Å². The third-order valence-electron chi connectivity index (χ3n) is 5.70. The van der Waals surface area contributed by atoms with E-state index in [9.17, 15) is 14.4 Å². The lowest BCUT2D eigenvalue weighted by Crippen LogP contribution is -2.45. The minimum Gasteiger partial charge on any atom is -0.497 e. The molecule has 0 aliphatic carbocycles. The van der Waals surface area contributed by atoms with E-state index >= 15 is 0 Å². The molecule has 2 aromatic carbocycles. The number of methoxy groups -OCH3 is 1. The number of carboxylic acid groups (broad SMARTS) is 1. The predicted octanol–water partition coefficient (Wildman–Crippen LogP) is 2.73. The number of likely N-dealkylation sites (N-methyl/N-ethyl adjacent to an activating group) is 1. The maximum absolute atomic E-state index is 13.1. The summed E-state index contributed by atoms with van der Waals surface area (Å²) in [5.74, 6) is -0.747. The lowest BCUT2D eigenvalue weighted by atomic mass is 10.0. The molecule has 2 atom stereocenters. The van der Waals surface area contributed by atoms with Crippen LogP contribution in [0, 0.1) is 0 Å². The number of carbonyl (C=O) groups is 3. The van der Waals surface area contributed by atoms with Crippen molar-refractivity contribution in [2.75, 3.05) is 14.2 Å². The number of amides is 2. The van der Waals surface area contributed by atoms with Crippen LogP contribution >= 0.6 is 0 Å². The van der Waals surface area contributed by atoms with Crippen molar-refractivity contribution < 1.29 is 24.2 Å². The minimum atomic E-state index is -1.03. The van der Waals surface area contributed by atoms with Gasteiger partial charge in [-0.2, -0.15) is 0 Å². The lowest BCUT2D eigenvalue weighted by Gasteiger charge is -2.30. The second-order valence-electron chi connectivity index (χ2n) is 7.72. The van der Waals surface area contributed by atoms with Crippen LogP contribution < -0.4 is 4.74 Å². The molecule has 0 spiro atoms. The molecule has 0 aromatic heterocycles. The molecule has 1 saturated heterocycles. The fraction of sp³-hybridized carbons (Fsp3) is 0.375. The second kappa shape index (κ2) is 10.1. The molecule has 0 saturated carbocycles. The molecular formula is C24H28N2O5. The molecule has 0 bridgehead atoms. The van der Waals surface area contributed by atoms with Crippen LogP contribution in [-0.4, -0.2) is 59.1 Å². The first-order valence-electron chi connectivity index (χ1n) is 10.4. The number of benzene rings is 2. The molecule has 1 heterocycles. The van der Waals surface area contributed by atoms with Crippen LogP contribution in [0.4, 0.5) is 0 Å². The van der Waals surface area contributed by atoms with Gasteiger partial charge in [0.25, 0.3) is 0 Å². The van der Waals surface area contributed by atoms with Crippen molar-refractivity contribution in [1.29, 1.82) is 0 Å². The molecule has 0 radical (unpaired) electrons. The third-order valence-corrected chi connectivity index (χ3v) is 5.70. The van der Waals surface area contributed by atoms with Crippen LogP contribution in [0.3, 0.4) is 0 Å². The Bertz CT molecular complexity index is 913. The Morgan fingerprint density at radius 1 is 1.00 bits per heavy atom. The number of carboxylic acids is 1. The molecule has 2 aromatic rings. The summed E-state index contributed by atoms with van der Waals surface area (Å²) in [6.45, 7) is 0. The Morgan fingerprint density at radius 2 is 1.68 bits per heavy atom. The Labute approximate surface area is 182 Å². The van der Waals surface area contributed by atoms with Crippen molar-refractivity contribution in [3.63, 3.8) is 0 Å². The monoisotopic (exact) mass is 424 g/mol. The van der Waals surface area contributed by atoms with E-state index in [4.69, 9.17) is 9.84 Å². The highest BCUT2D eigenvalue weighted by molar-refractivity contribution is 5.92. The van der Waals surface area contributed by atoms with Gasteiger partial charge in [-0.1, -0.05) is 42.5 Å². The zero-order valence-corrected chi connectivity index (χ0v) is 17.9. The number of ether oxygens (including phenoxy) is 1. The zero-order valence-electron chi connectivity index (χ0n) is 17.9. The van der Waals surface area contributed by atoms with Crippen LogP contribution in [0.5, 0.6) is 5.75 Å². The van der Waals surface area contributed by atoms with Gasteiger partial charge in [0.15, 0.2) is 0 Å². The zero-order chi connectivity index (χ0) is 22.4. The predicted molar refractivity (Wildman–Crippen MR) is 116 cm³/mol. The molecule has 3 rings (SSSR count). The van der Waals surface area contributed by atoms with Crippen molar-refractivity contribution in [1.82, 2.24) is 9.80 Å². The largest absolute Gasteiger partial charge is 0.497 e. The van der Waals surface area contributed by atoms with Gasteiger partial charge in [0.05, 0.1) is 13.5 Å². The van der Waals surface area contributed by atoms with E-state index in [1.54, 1.807) is 24.0 Å². The van der Waals surface area contributed by atoms with E-state index in [1.165, 1.54) is 0 Å². The topological polar surface area (TPSA) is 87.2 Å². The van der Waals surface area contributed by atoms with E-state index in [1.807, 2.05) is 54.6 Å². The Hall–Kier alpha value is -3.35. The van der Waals surface area contributed by atoms with Crippen molar-refractivity contribution in [2.45, 2.75) is 44.3 Å². The molecule has 7 nitrogen and oxygen atoms in total. The van der Waals surface area contributed by atoms with Crippen LogP contribution in [-0.2, 0) is 27.2 Å². The first kappa shape index (κ1) is 22.3. The Balaban J connectivity index is 1.82. The summed E-state index contributed by atoms with van der Waals surface area (Å²) in [6, 6.07) is 16.6. The number of aliphatic carboxylic acids is 1. The van der Waals surface area contributed by atoms with Crippen molar-refractivity contribution in [3.05, 3.63) is 65.7 Å². The maximum Gasteiger partial charge on any atom is 0.303 e. The summed E-state index contributed by atoms with van der Waals surface area (Å²) < 4.78 is 5.19. The number of hydrogen-bond acceptors (Lipinski definition) is 4. The van der Waals surface area contributed by atoms with E-state index in [0.29, 0.717) is 25.0 Å². The fourth-order valence-corrected chi connectivity index (χ4v) is 4.02. The first-order chi connectivity index (χ1) is 14.9. The van der Waals surface area contributed by atoms with Gasteiger partial charge in [-0.3, -0.25) is 14.4 Å². The van der Waals surface area contributed by atoms with Gasteiger partial charge in [0.2, 0.25) is 11.8 Å². The average molecular weight is 424 g/mol. The second-order valence-corrected chi connectivity index (χ2v) is 7.72. The average Bonchev–Trinajstić information content (AvgIpc) is 3.01. The smallest absolute Gasteiger partial charge is 0.303 e. The Morgan fingerprint density at radius 3 is 2.29 bits per heavy atom. The number of aryl methyl sites for hydroxylation is 1. The SMILES string of the molecule is COc1ccc(C[C@@H]2C(=O)N(C)C(CCc3ccccc3)N2C(=O)CCC(=O)O)cc1. The minimum absolute atomic E-state index is 0.127. The van der Waals surface area contributed by atoms with E-state index in [2.05, 4.69) is 0 Å². The summed E-state index contributed by atoms with van der Waals surface area (Å²) in [4.78, 5) is 40.4. The molecule has 7 heteroatoms. The maximum atomic E-state index is 13.1. The summed E-state index contributed by atoms with van der Waals surface area (Å²) >= 11 is 0. The number of carbonyl (C=O) groups excluding carboxylic acids is 2. The summed E-state index contributed by atoms with van der Waals surface area (Å²) in [5, 5.41) is 9.02. The van der Waals surface area contributed by atoms with E-state index in [-0.39, 0.29) is 24.7 Å². The van der Waals surface area contributed by atoms with Crippen LogP contribution in [0.1, 0.15) is 30.4 Å². The summed E-state index contributed by atoms with van der Waals surface area (Å²) in [6.07, 6.45) is 0.877. The summed E-state index contributed by atoms with van der Waals surface area (Å²) in [7, 11) is 3.30. The van der Waals surface area contributed by atoms with Crippen molar-refractivity contribution >= 4 is 17.8 Å². The van der Waals surface area contributed by atoms with Crippen LogP contribution in [0.2, 0.25) is 0 Å². The highest BCUT2D eigenvalue weighted by Crippen LogP contribution is 2.28. The fourth-order valence-electron chi connectivity index (χ4n) is 4.02. The lowest BCUT2D eigenvalue weighted by molar-refractivity contribution is -0.142. The van der Waals surface area contributed by atoms with Crippen LogP contribution in [0.25, 0.3) is 0 Å². The molecule has 1 aliphatic rings. The molecule has 1 unspecified atom stereocenters. The van der Waals surface area contributed by atoms with Crippen LogP contribution in [0.15, 0.2) is 54.6 Å². The standard InChI is InChI=1S/C24H28N2O5/c1-25-21(13-10-17-6-4-3-5-7-17)26(22(27)14-15-23(28)29)20(24(25)30)16-18-8-11-19(31-2)12-9-18/h3-9,11-12,20-21H,10,13-16H2,1-2H3,(H,28,29)/t20-,21?/m1/s1. The number of nitrogens with zero attached hydrogens (tertiary/aromatic N) is 2. The molecule has 1 N–H and O–H groups in total. The first-order valence-corrected chi connectivity index (χ1v) is 10.4. The van der Waals surface area contributed by atoms with Gasteiger partial charge in [-0.25, -0.2) is 0 Å². The molecule has 31 heavy (non-hydrogen) atoms. The van der Waals surface area contributed by atoms with E-state index < -0.39 is 18.2 Å². The molecule has 1 aliphatic heterocycles. The molecule has 164 valence electrons. The van der Waals surface area contributed by atoms with Gasteiger partial charge in [0.1, 0.15) is 18.0 Å². The molecular weight excluding hydrogens is 396 g/mol. The van der Waals surface area contributed by atoms with Gasteiger partial charge in [-0.05, 0) is 36.1 Å². The normalized spacial score (nSPS) is 18.3.